The molecule has 4 aliphatic carbocycles. The highest BCUT2D eigenvalue weighted by atomic mass is 16.5. The summed E-state index contributed by atoms with van der Waals surface area (Å²) in [5.41, 5.74) is 0.630. The molecular weight excluding hydrogens is 492 g/mol. The summed E-state index contributed by atoms with van der Waals surface area (Å²) in [5.74, 6) is 0.888. The summed E-state index contributed by atoms with van der Waals surface area (Å²) in [4.78, 5) is 37.0. The van der Waals surface area contributed by atoms with Gasteiger partial charge in [0.15, 0.2) is 0 Å². The minimum absolute atomic E-state index is 0.0542. The lowest BCUT2D eigenvalue weighted by atomic mass is 9.48. The van der Waals surface area contributed by atoms with Crippen LogP contribution in [-0.4, -0.2) is 42.1 Å². The van der Waals surface area contributed by atoms with Crippen molar-refractivity contribution >= 4 is 28.6 Å². The topological polar surface area (TPSA) is 105 Å². The number of ether oxygens (including phenoxy) is 1. The molecule has 2 atom stereocenters. The highest BCUT2D eigenvalue weighted by molar-refractivity contribution is 5.98. The lowest BCUT2D eigenvalue weighted by Crippen LogP contribution is -2.57. The maximum Gasteiger partial charge on any atom is 0.309 e. The van der Waals surface area contributed by atoms with Crippen LogP contribution in [0.4, 0.5) is 0 Å². The van der Waals surface area contributed by atoms with E-state index in [1.165, 1.54) is 0 Å². The number of carbonyl (C=O) groups excluding carboxylic acids is 2. The maximum atomic E-state index is 12.6. The number of benzene rings is 3. The molecule has 39 heavy (non-hydrogen) atoms. The predicted molar refractivity (Wildman–Crippen MR) is 148 cm³/mol. The van der Waals surface area contributed by atoms with Crippen LogP contribution in [-0.2, 0) is 4.79 Å². The first-order chi connectivity index (χ1) is 18.9. The molecule has 4 aliphatic rings. The summed E-state index contributed by atoms with van der Waals surface area (Å²) in [6, 6.07) is 20.8. The van der Waals surface area contributed by atoms with E-state index in [-0.39, 0.29) is 29.8 Å². The average Bonchev–Trinajstić information content (AvgIpc) is 2.94. The molecule has 0 radical (unpaired) electrons. The number of aliphatic carboxylic acids is 1. The van der Waals surface area contributed by atoms with Crippen LogP contribution in [0.2, 0.25) is 0 Å². The summed E-state index contributed by atoms with van der Waals surface area (Å²) in [6.45, 7) is 0.916. The summed E-state index contributed by atoms with van der Waals surface area (Å²) in [7, 11) is 0. The Hall–Kier alpha value is -3.87. The van der Waals surface area contributed by atoms with Gasteiger partial charge in [-0.25, -0.2) is 0 Å². The smallest absolute Gasteiger partial charge is 0.309 e. The van der Waals surface area contributed by atoms with Crippen molar-refractivity contribution in [2.24, 2.45) is 23.2 Å². The van der Waals surface area contributed by atoms with Crippen molar-refractivity contribution in [2.75, 3.05) is 13.1 Å². The Morgan fingerprint density at radius 2 is 1.41 bits per heavy atom. The number of hydrogen-bond acceptors (Lipinski definition) is 4. The van der Waals surface area contributed by atoms with E-state index in [1.54, 1.807) is 12.1 Å². The van der Waals surface area contributed by atoms with Gasteiger partial charge in [-0.05, 0) is 103 Å². The molecule has 0 aromatic heterocycles. The van der Waals surface area contributed by atoms with Crippen LogP contribution < -0.4 is 15.4 Å². The van der Waals surface area contributed by atoms with Gasteiger partial charge in [0.05, 0.1) is 5.41 Å². The van der Waals surface area contributed by atoms with Crippen molar-refractivity contribution < 1.29 is 24.2 Å². The van der Waals surface area contributed by atoms with Crippen molar-refractivity contribution in [3.05, 3.63) is 77.9 Å². The Morgan fingerprint density at radius 1 is 0.795 bits per heavy atom. The summed E-state index contributed by atoms with van der Waals surface area (Å²) in [6.07, 6.45) is 5.03. The van der Waals surface area contributed by atoms with E-state index in [1.807, 2.05) is 54.6 Å². The molecule has 4 fully saturated rings. The fourth-order valence-electron chi connectivity index (χ4n) is 7.30. The number of hydrogen-bond donors (Lipinski definition) is 3. The molecule has 3 N–H and O–H groups in total. The number of nitrogens with one attached hydrogen (secondary N) is 2. The molecule has 4 bridgehead atoms. The van der Waals surface area contributed by atoms with Gasteiger partial charge in [-0.3, -0.25) is 14.4 Å². The molecule has 2 amide bonds. The highest BCUT2D eigenvalue weighted by Gasteiger charge is 2.59. The van der Waals surface area contributed by atoms with Gasteiger partial charge in [0.1, 0.15) is 11.9 Å². The third-order valence-electron chi connectivity index (χ3n) is 8.97. The lowest BCUT2D eigenvalue weighted by Gasteiger charge is -2.57. The summed E-state index contributed by atoms with van der Waals surface area (Å²) >= 11 is 0. The fraction of sp³-hybridized carbons (Fsp3) is 0.406. The van der Waals surface area contributed by atoms with Crippen molar-refractivity contribution in [1.29, 1.82) is 0 Å². The summed E-state index contributed by atoms with van der Waals surface area (Å²) < 4.78 is 6.38. The molecule has 3 aromatic rings. The molecule has 7 heteroatoms. The fourth-order valence-corrected chi connectivity index (χ4v) is 7.30. The number of fused-ring (bicyclic) bond motifs is 1. The van der Waals surface area contributed by atoms with Gasteiger partial charge in [-0.2, -0.15) is 0 Å². The van der Waals surface area contributed by atoms with Crippen molar-refractivity contribution in [3.8, 4) is 5.75 Å². The zero-order chi connectivity index (χ0) is 27.0. The maximum absolute atomic E-state index is 12.6. The SMILES string of the molecule is O=C(NCCCNC(=O)c1ccc2ccccc2c1)c1ccc(OC2C3CC4CC2CC(C(=O)O)(C4)C3)cc1. The second kappa shape index (κ2) is 10.4. The molecule has 0 heterocycles. The summed E-state index contributed by atoms with van der Waals surface area (Å²) in [5, 5.41) is 17.8. The first-order valence-corrected chi connectivity index (χ1v) is 14.0. The van der Waals surface area contributed by atoms with Crippen molar-refractivity contribution in [1.82, 2.24) is 10.6 Å². The van der Waals surface area contributed by atoms with Gasteiger partial charge < -0.3 is 20.5 Å². The van der Waals surface area contributed by atoms with Gasteiger partial charge in [0.25, 0.3) is 11.8 Å². The predicted octanol–water partition coefficient (Wildman–Crippen LogP) is 5.05. The Balaban J connectivity index is 0.951. The molecule has 7 rings (SSSR count). The van der Waals surface area contributed by atoms with Crippen LogP contribution in [0, 0.1) is 23.2 Å². The molecule has 0 saturated heterocycles. The Bertz CT molecular complexity index is 1390. The van der Waals surface area contributed by atoms with E-state index in [0.717, 1.165) is 35.8 Å². The largest absolute Gasteiger partial charge is 0.490 e. The number of carboxylic acids is 1. The monoisotopic (exact) mass is 526 g/mol. The third-order valence-corrected chi connectivity index (χ3v) is 8.97. The van der Waals surface area contributed by atoms with Gasteiger partial charge in [-0.15, -0.1) is 0 Å². The lowest BCUT2D eigenvalue weighted by molar-refractivity contribution is -0.175. The van der Waals surface area contributed by atoms with Crippen LogP contribution in [0.1, 0.15) is 59.2 Å². The second-order valence-electron chi connectivity index (χ2n) is 11.6. The molecule has 0 aliphatic heterocycles. The Labute approximate surface area is 227 Å². The van der Waals surface area contributed by atoms with Crippen molar-refractivity contribution in [3.63, 3.8) is 0 Å². The quantitative estimate of drug-likeness (QED) is 0.339. The van der Waals surface area contributed by atoms with E-state index >= 15 is 0 Å². The number of carboxylic acid groups (broad SMARTS) is 1. The van der Waals surface area contributed by atoms with E-state index in [4.69, 9.17) is 4.74 Å². The minimum atomic E-state index is -0.636. The van der Waals surface area contributed by atoms with Crippen LogP contribution in [0.3, 0.4) is 0 Å². The molecule has 3 aromatic carbocycles. The standard InChI is InChI=1S/C32H34N2O5/c35-29(33-12-3-13-34-30(36)24-7-6-21-4-1-2-5-23(21)16-24)22-8-10-27(11-9-22)39-28-25-14-20-15-26(28)19-32(17-20,18-25)31(37)38/h1-2,4-11,16,20,25-26,28H,3,12-15,17-19H2,(H,33,35)(H,34,36)(H,37,38). The highest BCUT2D eigenvalue weighted by Crippen LogP contribution is 2.60. The van der Waals surface area contributed by atoms with Crippen LogP contribution in [0.15, 0.2) is 66.7 Å². The van der Waals surface area contributed by atoms with E-state index in [9.17, 15) is 19.5 Å². The first-order valence-electron chi connectivity index (χ1n) is 14.0. The van der Waals surface area contributed by atoms with E-state index in [2.05, 4.69) is 10.6 Å². The normalized spacial score (nSPS) is 26.8. The van der Waals surface area contributed by atoms with Crippen LogP contribution in [0.5, 0.6) is 5.75 Å². The minimum Gasteiger partial charge on any atom is -0.490 e. The number of carbonyl (C=O) groups is 3. The number of amides is 2. The van der Waals surface area contributed by atoms with E-state index in [0.29, 0.717) is 49.4 Å². The zero-order valence-electron chi connectivity index (χ0n) is 21.9. The van der Waals surface area contributed by atoms with Gasteiger partial charge in [0, 0.05) is 24.2 Å². The molecular formula is C32H34N2O5. The second-order valence-corrected chi connectivity index (χ2v) is 11.6. The molecule has 7 nitrogen and oxygen atoms in total. The molecule has 4 saturated carbocycles. The first kappa shape index (κ1) is 25.4. The van der Waals surface area contributed by atoms with Crippen molar-refractivity contribution in [2.45, 2.75) is 44.6 Å². The van der Waals surface area contributed by atoms with Crippen LogP contribution in [0.25, 0.3) is 10.8 Å². The van der Waals surface area contributed by atoms with Gasteiger partial charge in [-0.1, -0.05) is 30.3 Å². The van der Waals surface area contributed by atoms with E-state index < -0.39 is 11.4 Å². The zero-order valence-corrected chi connectivity index (χ0v) is 21.9. The Morgan fingerprint density at radius 3 is 2.08 bits per heavy atom. The molecule has 0 spiro atoms. The third kappa shape index (κ3) is 5.10. The van der Waals surface area contributed by atoms with Crippen LogP contribution >= 0.6 is 0 Å². The Kier molecular flexibility index (Phi) is 6.75. The molecule has 2 unspecified atom stereocenters. The number of rotatable bonds is 9. The van der Waals surface area contributed by atoms with Gasteiger partial charge >= 0.3 is 5.97 Å². The molecule has 202 valence electrons. The average molecular weight is 527 g/mol. The van der Waals surface area contributed by atoms with Gasteiger partial charge in [0.2, 0.25) is 0 Å².